The maximum Gasteiger partial charge on any atom is 0.426 e. The first-order chi connectivity index (χ1) is 15.1. The lowest BCUT2D eigenvalue weighted by molar-refractivity contribution is -0.237. The van der Waals surface area contributed by atoms with Gasteiger partial charge in [-0.05, 0) is 24.3 Å². The average Bonchev–Trinajstić information content (AvgIpc) is 3.22. The van der Waals surface area contributed by atoms with Crippen LogP contribution in [0.2, 0.25) is 0 Å². The predicted molar refractivity (Wildman–Crippen MR) is 110 cm³/mol. The monoisotopic (exact) mass is 467 g/mol. The molecule has 2 aromatic rings. The van der Waals surface area contributed by atoms with Crippen LogP contribution >= 0.6 is 11.8 Å². The molecule has 1 aromatic heterocycles. The summed E-state index contributed by atoms with van der Waals surface area (Å²) in [6, 6.07) is 7.48. The van der Waals surface area contributed by atoms with Crippen molar-refractivity contribution in [3.63, 3.8) is 0 Å². The first-order valence-corrected chi connectivity index (χ1v) is 10.7. The number of anilines is 1. The molecule has 1 N–H and O–H groups in total. The van der Waals surface area contributed by atoms with Gasteiger partial charge in [-0.1, -0.05) is 0 Å². The van der Waals surface area contributed by atoms with Crippen LogP contribution in [0.25, 0.3) is 10.9 Å². The van der Waals surface area contributed by atoms with E-state index in [1.807, 2.05) is 6.07 Å². The molecule has 32 heavy (non-hydrogen) atoms. The molecule has 12 heteroatoms. The third-order valence-corrected chi connectivity index (χ3v) is 6.49. The Morgan fingerprint density at radius 2 is 2.06 bits per heavy atom. The van der Waals surface area contributed by atoms with Gasteiger partial charge >= 0.3 is 6.18 Å². The molecule has 0 aliphatic carbocycles. The highest BCUT2D eigenvalue weighted by Gasteiger charge is 2.63. The Balaban J connectivity index is 1.49. The first kappa shape index (κ1) is 22.1. The van der Waals surface area contributed by atoms with Crippen molar-refractivity contribution in [2.75, 3.05) is 36.2 Å². The van der Waals surface area contributed by atoms with Crippen LogP contribution in [0, 0.1) is 11.3 Å². The van der Waals surface area contributed by atoms with Crippen LogP contribution in [0.4, 0.5) is 23.2 Å². The Morgan fingerprint density at radius 3 is 2.75 bits per heavy atom. The highest BCUT2D eigenvalue weighted by atomic mass is 32.2. The van der Waals surface area contributed by atoms with Crippen molar-refractivity contribution in [1.82, 2.24) is 15.2 Å². The molecule has 0 radical (unpaired) electrons. The molecule has 4 rings (SSSR count). The second kappa shape index (κ2) is 8.12. The molecule has 2 fully saturated rings. The largest absolute Gasteiger partial charge is 0.426 e. The molecule has 2 aliphatic rings. The van der Waals surface area contributed by atoms with Gasteiger partial charge in [-0.25, -0.2) is 4.39 Å². The molecule has 0 unspecified atom stereocenters. The fraction of sp³-hybridized carbons (Fsp3) is 0.400. The van der Waals surface area contributed by atoms with Gasteiger partial charge in [0.1, 0.15) is 6.04 Å². The smallest absolute Gasteiger partial charge is 0.364 e. The first-order valence-electron chi connectivity index (χ1n) is 9.57. The zero-order chi connectivity index (χ0) is 23.1. The third-order valence-electron chi connectivity index (χ3n) is 5.48. The van der Waals surface area contributed by atoms with Crippen molar-refractivity contribution in [2.24, 2.45) is 0 Å². The number of amides is 2. The molecular weight excluding hydrogens is 450 g/mol. The van der Waals surface area contributed by atoms with E-state index < -0.39 is 36.9 Å². The summed E-state index contributed by atoms with van der Waals surface area (Å²) >= 11 is 1.45. The number of nitrogens with one attached hydrogen (secondary N) is 1. The van der Waals surface area contributed by atoms with Gasteiger partial charge in [0, 0.05) is 23.0 Å². The number of rotatable bonds is 4. The van der Waals surface area contributed by atoms with Crippen molar-refractivity contribution < 1.29 is 27.2 Å². The van der Waals surface area contributed by atoms with E-state index in [-0.39, 0.29) is 18.0 Å². The molecule has 0 bridgehead atoms. The number of nitrogens with zero attached hydrogens (tertiary/aromatic N) is 4. The number of fused-ring (bicyclic) bond motifs is 1. The van der Waals surface area contributed by atoms with Crippen LogP contribution in [0.1, 0.15) is 10.4 Å². The van der Waals surface area contributed by atoms with Gasteiger partial charge in [0.25, 0.3) is 5.91 Å². The predicted octanol–water partition coefficient (Wildman–Crippen LogP) is 2.48. The fourth-order valence-electron chi connectivity index (χ4n) is 3.60. The molecule has 1 atom stereocenters. The minimum atomic E-state index is -4.95. The second-order valence-electron chi connectivity index (χ2n) is 7.57. The molecular formula is C20H17F4N5O2S. The van der Waals surface area contributed by atoms with Crippen molar-refractivity contribution in [3.05, 3.63) is 36.0 Å². The Kier molecular flexibility index (Phi) is 5.62. The zero-order valence-electron chi connectivity index (χ0n) is 16.5. The number of carbonyl (C=O) groups excluding carboxylic acids is 2. The number of pyridine rings is 1. The van der Waals surface area contributed by atoms with Crippen LogP contribution in [-0.4, -0.2) is 70.8 Å². The van der Waals surface area contributed by atoms with Crippen molar-refractivity contribution in [1.29, 1.82) is 5.26 Å². The topological polar surface area (TPSA) is 89.3 Å². The average molecular weight is 467 g/mol. The van der Waals surface area contributed by atoms with Gasteiger partial charge in [0.2, 0.25) is 11.6 Å². The standard InChI is InChI=1S/C20H17F4N5O2S/c21-19(20(22,23)24)9-28(10-19)12-1-2-16-15(5-12)14(3-4-26-16)18(31)27-7-17(30)29-11-32-8-13(29)6-25/h1-5,13H,7-11H2,(H,27,31)/t13-/m1/s1. The summed E-state index contributed by atoms with van der Waals surface area (Å²) in [6.07, 6.45) is -3.54. The highest BCUT2D eigenvalue weighted by Crippen LogP contribution is 2.43. The van der Waals surface area contributed by atoms with Gasteiger partial charge in [0.05, 0.1) is 42.7 Å². The summed E-state index contributed by atoms with van der Waals surface area (Å²) in [5.74, 6) is -0.0694. The van der Waals surface area contributed by atoms with E-state index in [0.717, 1.165) is 0 Å². The minimum absolute atomic E-state index is 0.181. The zero-order valence-corrected chi connectivity index (χ0v) is 17.3. The molecule has 3 heterocycles. The van der Waals surface area contributed by atoms with E-state index in [0.29, 0.717) is 28.2 Å². The number of aromatic nitrogens is 1. The Hall–Kier alpha value is -3.07. The number of thioether (sulfide) groups is 1. The number of halogens is 4. The van der Waals surface area contributed by atoms with Crippen LogP contribution in [0.15, 0.2) is 30.5 Å². The Labute approximate surface area is 184 Å². The number of nitriles is 1. The van der Waals surface area contributed by atoms with Gasteiger partial charge in [-0.2, -0.15) is 18.4 Å². The molecule has 7 nitrogen and oxygen atoms in total. The lowest BCUT2D eigenvalue weighted by atomic mass is 9.94. The fourth-order valence-corrected chi connectivity index (χ4v) is 4.70. The molecule has 2 aliphatic heterocycles. The maximum atomic E-state index is 13.9. The summed E-state index contributed by atoms with van der Waals surface area (Å²) < 4.78 is 52.3. The molecule has 0 saturated carbocycles. The Bertz CT molecular complexity index is 1110. The number of hydrogen-bond acceptors (Lipinski definition) is 6. The van der Waals surface area contributed by atoms with Gasteiger partial charge < -0.3 is 15.1 Å². The number of carbonyl (C=O) groups is 2. The molecule has 2 saturated heterocycles. The summed E-state index contributed by atoms with van der Waals surface area (Å²) in [5, 5.41) is 12.0. The van der Waals surface area contributed by atoms with Crippen molar-refractivity contribution in [2.45, 2.75) is 17.9 Å². The highest BCUT2D eigenvalue weighted by molar-refractivity contribution is 7.99. The van der Waals surface area contributed by atoms with E-state index >= 15 is 0 Å². The summed E-state index contributed by atoms with van der Waals surface area (Å²) in [4.78, 5) is 31.8. The minimum Gasteiger partial charge on any atom is -0.364 e. The van der Waals surface area contributed by atoms with E-state index in [1.165, 1.54) is 52.0 Å². The van der Waals surface area contributed by atoms with Crippen LogP contribution in [0.5, 0.6) is 0 Å². The molecule has 2 amide bonds. The second-order valence-corrected chi connectivity index (χ2v) is 8.57. The van der Waals surface area contributed by atoms with Crippen LogP contribution < -0.4 is 10.2 Å². The van der Waals surface area contributed by atoms with Crippen LogP contribution in [0.3, 0.4) is 0 Å². The third kappa shape index (κ3) is 3.92. The summed E-state index contributed by atoms with van der Waals surface area (Å²) in [5.41, 5.74) is -2.32. The summed E-state index contributed by atoms with van der Waals surface area (Å²) in [6.45, 7) is -1.96. The summed E-state index contributed by atoms with van der Waals surface area (Å²) in [7, 11) is 0. The van der Waals surface area contributed by atoms with E-state index in [1.54, 1.807) is 0 Å². The number of hydrogen-bond donors (Lipinski definition) is 1. The van der Waals surface area contributed by atoms with Crippen LogP contribution in [-0.2, 0) is 4.79 Å². The molecule has 0 spiro atoms. The van der Waals surface area contributed by atoms with Gasteiger partial charge in [-0.15, -0.1) is 11.8 Å². The van der Waals surface area contributed by atoms with Crippen molar-refractivity contribution >= 4 is 40.2 Å². The maximum absolute atomic E-state index is 13.9. The van der Waals surface area contributed by atoms with E-state index in [4.69, 9.17) is 5.26 Å². The lowest BCUT2D eigenvalue weighted by Crippen LogP contribution is -2.66. The quantitative estimate of drug-likeness (QED) is 0.695. The Morgan fingerprint density at radius 1 is 1.31 bits per heavy atom. The lowest BCUT2D eigenvalue weighted by Gasteiger charge is -2.46. The molecule has 1 aromatic carbocycles. The number of alkyl halides is 4. The van der Waals surface area contributed by atoms with Crippen molar-refractivity contribution in [3.8, 4) is 6.07 Å². The van der Waals surface area contributed by atoms with Gasteiger partial charge in [0.15, 0.2) is 0 Å². The molecule has 168 valence electrons. The normalized spacial score (nSPS) is 20.0. The van der Waals surface area contributed by atoms with E-state index in [9.17, 15) is 27.2 Å². The number of benzene rings is 1. The van der Waals surface area contributed by atoms with E-state index in [2.05, 4.69) is 10.3 Å². The SMILES string of the molecule is N#C[C@@H]1CSCN1C(=O)CNC(=O)c1ccnc2ccc(N3CC(F)(C(F)(F)F)C3)cc12. The van der Waals surface area contributed by atoms with Gasteiger partial charge in [-0.3, -0.25) is 14.6 Å².